The second kappa shape index (κ2) is 5.08. The van der Waals surface area contributed by atoms with E-state index in [1.165, 1.54) is 25.8 Å². The van der Waals surface area contributed by atoms with Crippen LogP contribution >= 0.6 is 0 Å². The Bertz CT molecular complexity index is 220. The standard InChI is InChI=1S/C12H22N2O/c1-10-5-6-14(13-10)8-11-3-2-4-12(7-11)9-15/h9-13H,2-8H2,1H3. The number of nitrogens with one attached hydrogen (secondary N) is 1. The van der Waals surface area contributed by atoms with Crippen molar-refractivity contribution < 1.29 is 4.79 Å². The topological polar surface area (TPSA) is 32.3 Å². The summed E-state index contributed by atoms with van der Waals surface area (Å²) in [6.45, 7) is 4.53. The molecular weight excluding hydrogens is 188 g/mol. The second-order valence-corrected chi connectivity index (χ2v) is 5.19. The predicted octanol–water partition coefficient (Wildman–Crippen LogP) is 1.59. The molecule has 86 valence electrons. The van der Waals surface area contributed by atoms with Crippen LogP contribution in [0.15, 0.2) is 0 Å². The van der Waals surface area contributed by atoms with Crippen molar-refractivity contribution in [3.05, 3.63) is 0 Å². The minimum Gasteiger partial charge on any atom is -0.303 e. The first-order valence-electron chi connectivity index (χ1n) is 6.24. The zero-order valence-corrected chi connectivity index (χ0v) is 9.61. The minimum atomic E-state index is 0.337. The molecule has 0 bridgehead atoms. The van der Waals surface area contributed by atoms with Crippen LogP contribution in [0, 0.1) is 11.8 Å². The lowest BCUT2D eigenvalue weighted by Crippen LogP contribution is -2.39. The van der Waals surface area contributed by atoms with Gasteiger partial charge in [0, 0.05) is 25.0 Å². The van der Waals surface area contributed by atoms with Gasteiger partial charge in [-0.3, -0.25) is 5.43 Å². The third-order valence-corrected chi connectivity index (χ3v) is 3.73. The average Bonchev–Trinajstić information content (AvgIpc) is 2.64. The molecule has 1 aliphatic heterocycles. The summed E-state index contributed by atoms with van der Waals surface area (Å²) in [7, 11) is 0. The van der Waals surface area contributed by atoms with Crippen molar-refractivity contribution in [3.8, 4) is 0 Å². The van der Waals surface area contributed by atoms with Gasteiger partial charge in [-0.15, -0.1) is 0 Å². The van der Waals surface area contributed by atoms with Crippen LogP contribution in [0.4, 0.5) is 0 Å². The molecule has 1 heterocycles. The summed E-state index contributed by atoms with van der Waals surface area (Å²) in [6.07, 6.45) is 7.17. The van der Waals surface area contributed by atoms with Crippen molar-refractivity contribution in [3.63, 3.8) is 0 Å². The van der Waals surface area contributed by atoms with E-state index in [2.05, 4.69) is 17.4 Å². The van der Waals surface area contributed by atoms with Crippen molar-refractivity contribution in [2.45, 2.75) is 45.1 Å². The van der Waals surface area contributed by atoms with Crippen molar-refractivity contribution in [1.82, 2.24) is 10.4 Å². The Morgan fingerprint density at radius 3 is 2.93 bits per heavy atom. The molecule has 0 aromatic carbocycles. The molecule has 0 amide bonds. The van der Waals surface area contributed by atoms with Crippen LogP contribution in [0.3, 0.4) is 0 Å². The Labute approximate surface area is 92.2 Å². The van der Waals surface area contributed by atoms with Gasteiger partial charge in [0.05, 0.1) is 0 Å². The molecule has 2 aliphatic rings. The normalized spacial score (nSPS) is 38.1. The van der Waals surface area contributed by atoms with Gasteiger partial charge in [-0.25, -0.2) is 5.01 Å². The fourth-order valence-corrected chi connectivity index (χ4v) is 2.87. The molecule has 15 heavy (non-hydrogen) atoms. The number of hydrogen-bond acceptors (Lipinski definition) is 3. The highest BCUT2D eigenvalue weighted by Gasteiger charge is 2.25. The molecule has 0 aromatic rings. The molecule has 3 heteroatoms. The number of nitrogens with zero attached hydrogens (tertiary/aromatic N) is 1. The molecule has 3 nitrogen and oxygen atoms in total. The van der Waals surface area contributed by atoms with E-state index in [-0.39, 0.29) is 0 Å². The Kier molecular flexibility index (Phi) is 3.76. The minimum absolute atomic E-state index is 0.337. The summed E-state index contributed by atoms with van der Waals surface area (Å²) >= 11 is 0. The first-order valence-corrected chi connectivity index (χ1v) is 6.24. The number of aldehydes is 1. The van der Waals surface area contributed by atoms with Crippen LogP contribution in [0.1, 0.15) is 39.0 Å². The lowest BCUT2D eigenvalue weighted by molar-refractivity contribution is -0.112. The number of hydrogen-bond donors (Lipinski definition) is 1. The van der Waals surface area contributed by atoms with Crippen LogP contribution in [0.5, 0.6) is 0 Å². The van der Waals surface area contributed by atoms with E-state index in [0.29, 0.717) is 12.0 Å². The fraction of sp³-hybridized carbons (Fsp3) is 0.917. The number of carbonyl (C=O) groups is 1. The van der Waals surface area contributed by atoms with Crippen molar-refractivity contribution in [2.24, 2.45) is 11.8 Å². The van der Waals surface area contributed by atoms with E-state index in [1.807, 2.05) is 0 Å². The number of hydrazine groups is 1. The molecule has 0 spiro atoms. The molecule has 1 saturated heterocycles. The summed E-state index contributed by atoms with van der Waals surface area (Å²) in [4.78, 5) is 10.8. The monoisotopic (exact) mass is 210 g/mol. The van der Waals surface area contributed by atoms with Gasteiger partial charge in [-0.05, 0) is 38.5 Å². The lowest BCUT2D eigenvalue weighted by Gasteiger charge is -2.29. The summed E-state index contributed by atoms with van der Waals surface area (Å²) in [6, 6.07) is 0.635. The van der Waals surface area contributed by atoms with Gasteiger partial charge in [-0.2, -0.15) is 0 Å². The summed E-state index contributed by atoms with van der Waals surface area (Å²) < 4.78 is 0. The Hall–Kier alpha value is -0.410. The number of carbonyl (C=O) groups excluding carboxylic acids is 1. The molecule has 1 saturated carbocycles. The first-order chi connectivity index (χ1) is 7.28. The van der Waals surface area contributed by atoms with Crippen molar-refractivity contribution in [2.75, 3.05) is 13.1 Å². The average molecular weight is 210 g/mol. The van der Waals surface area contributed by atoms with Gasteiger partial charge in [-0.1, -0.05) is 6.42 Å². The van der Waals surface area contributed by atoms with Crippen molar-refractivity contribution in [1.29, 1.82) is 0 Å². The SMILES string of the molecule is CC1CCN(CC2CCCC(C=O)C2)N1. The largest absolute Gasteiger partial charge is 0.303 e. The third-order valence-electron chi connectivity index (χ3n) is 3.73. The molecule has 1 N–H and O–H groups in total. The fourth-order valence-electron chi connectivity index (χ4n) is 2.87. The summed E-state index contributed by atoms with van der Waals surface area (Å²) in [5.74, 6) is 1.07. The van der Waals surface area contributed by atoms with E-state index in [9.17, 15) is 4.79 Å². The van der Waals surface area contributed by atoms with Gasteiger partial charge >= 0.3 is 0 Å². The summed E-state index contributed by atoms with van der Waals surface area (Å²) in [5, 5.41) is 2.35. The molecule has 0 aromatic heterocycles. The number of rotatable bonds is 3. The molecule has 3 unspecified atom stereocenters. The van der Waals surface area contributed by atoms with E-state index < -0.39 is 0 Å². The highest BCUT2D eigenvalue weighted by molar-refractivity contribution is 5.53. The maximum atomic E-state index is 10.8. The Balaban J connectivity index is 1.76. The molecular formula is C12H22N2O. The molecule has 0 radical (unpaired) electrons. The molecule has 2 fully saturated rings. The molecule has 1 aliphatic carbocycles. The van der Waals surface area contributed by atoms with Crippen LogP contribution in [-0.4, -0.2) is 30.4 Å². The molecule has 3 atom stereocenters. The Morgan fingerprint density at radius 1 is 1.40 bits per heavy atom. The highest BCUT2D eigenvalue weighted by atomic mass is 16.1. The Morgan fingerprint density at radius 2 is 2.27 bits per heavy atom. The van der Waals surface area contributed by atoms with Gasteiger partial charge in [0.2, 0.25) is 0 Å². The zero-order valence-electron chi connectivity index (χ0n) is 9.61. The van der Waals surface area contributed by atoms with Crippen LogP contribution < -0.4 is 5.43 Å². The quantitative estimate of drug-likeness (QED) is 0.718. The van der Waals surface area contributed by atoms with Gasteiger partial charge in [0.1, 0.15) is 6.29 Å². The van der Waals surface area contributed by atoms with E-state index in [4.69, 9.17) is 0 Å². The van der Waals surface area contributed by atoms with Gasteiger partial charge in [0.25, 0.3) is 0 Å². The summed E-state index contributed by atoms with van der Waals surface area (Å²) in [5.41, 5.74) is 3.48. The molecule has 2 rings (SSSR count). The van der Waals surface area contributed by atoms with E-state index in [0.717, 1.165) is 31.6 Å². The second-order valence-electron chi connectivity index (χ2n) is 5.19. The van der Waals surface area contributed by atoms with E-state index >= 15 is 0 Å². The van der Waals surface area contributed by atoms with Gasteiger partial charge in [0.15, 0.2) is 0 Å². The van der Waals surface area contributed by atoms with Crippen LogP contribution in [-0.2, 0) is 4.79 Å². The highest BCUT2D eigenvalue weighted by Crippen LogP contribution is 2.28. The lowest BCUT2D eigenvalue weighted by atomic mass is 9.82. The van der Waals surface area contributed by atoms with Crippen LogP contribution in [0.25, 0.3) is 0 Å². The maximum absolute atomic E-state index is 10.8. The predicted molar refractivity (Wildman–Crippen MR) is 60.3 cm³/mol. The smallest absolute Gasteiger partial charge is 0.123 e. The van der Waals surface area contributed by atoms with Gasteiger partial charge < -0.3 is 4.79 Å². The zero-order chi connectivity index (χ0) is 10.7. The van der Waals surface area contributed by atoms with E-state index in [1.54, 1.807) is 0 Å². The first kappa shape index (κ1) is 11.1. The van der Waals surface area contributed by atoms with Crippen molar-refractivity contribution >= 4 is 6.29 Å². The maximum Gasteiger partial charge on any atom is 0.123 e. The third kappa shape index (κ3) is 3.02. The van der Waals surface area contributed by atoms with Crippen LogP contribution in [0.2, 0.25) is 0 Å².